The van der Waals surface area contributed by atoms with Crippen LogP contribution in [0.1, 0.15) is 18.9 Å². The number of alkyl halides is 4. The lowest BCUT2D eigenvalue weighted by Crippen LogP contribution is -2.45. The van der Waals surface area contributed by atoms with Crippen molar-refractivity contribution in [1.29, 1.82) is 0 Å². The highest BCUT2D eigenvalue weighted by molar-refractivity contribution is 5.44. The number of fused-ring (bicyclic) bond motifs is 1. The van der Waals surface area contributed by atoms with Crippen molar-refractivity contribution >= 4 is 0 Å². The Hall–Kier alpha value is -1.50. The van der Waals surface area contributed by atoms with Crippen LogP contribution in [0.5, 0.6) is 11.5 Å². The third-order valence-electron chi connectivity index (χ3n) is 3.08. The third-order valence-corrected chi connectivity index (χ3v) is 3.08. The minimum absolute atomic E-state index is 0.134. The molecule has 1 aromatic rings. The van der Waals surface area contributed by atoms with Gasteiger partial charge in [0.2, 0.25) is 13.1 Å². The van der Waals surface area contributed by atoms with E-state index in [0.29, 0.717) is 17.9 Å². The molecule has 0 bridgehead atoms. The standard InChI is InChI=1S/C13H15F4NO2/c1-2-9(18-12(14)13(15,16)17)5-8-3-4-10-11(6-8)20-7-19-10/h3-4,6,9,12,18H,2,5,7H2,1H3. The van der Waals surface area contributed by atoms with E-state index in [4.69, 9.17) is 9.47 Å². The number of hydrogen-bond acceptors (Lipinski definition) is 3. The first-order chi connectivity index (χ1) is 9.40. The molecule has 2 atom stereocenters. The largest absolute Gasteiger partial charge is 0.454 e. The third kappa shape index (κ3) is 3.53. The van der Waals surface area contributed by atoms with Gasteiger partial charge in [-0.3, -0.25) is 5.32 Å². The van der Waals surface area contributed by atoms with Crippen LogP contribution in [0.25, 0.3) is 0 Å². The van der Waals surface area contributed by atoms with Crippen LogP contribution >= 0.6 is 0 Å². The van der Waals surface area contributed by atoms with E-state index in [0.717, 1.165) is 5.56 Å². The Labute approximate surface area is 113 Å². The van der Waals surface area contributed by atoms with Gasteiger partial charge in [-0.05, 0) is 30.5 Å². The topological polar surface area (TPSA) is 30.5 Å². The smallest absolute Gasteiger partial charge is 0.433 e. The molecule has 2 rings (SSSR count). The SMILES string of the molecule is CCC(Cc1ccc2c(c1)OCO2)NC(F)C(F)(F)F. The number of hydrogen-bond donors (Lipinski definition) is 1. The zero-order valence-corrected chi connectivity index (χ0v) is 10.8. The second-order valence-corrected chi connectivity index (χ2v) is 4.57. The molecule has 0 radical (unpaired) electrons. The van der Waals surface area contributed by atoms with Gasteiger partial charge in [-0.25, -0.2) is 4.39 Å². The lowest BCUT2D eigenvalue weighted by atomic mass is 10.0. The molecule has 0 spiro atoms. The van der Waals surface area contributed by atoms with Crippen LogP contribution in [0.2, 0.25) is 0 Å². The quantitative estimate of drug-likeness (QED) is 0.668. The molecular weight excluding hydrogens is 278 g/mol. The van der Waals surface area contributed by atoms with Crippen molar-refractivity contribution < 1.29 is 27.0 Å². The average molecular weight is 293 g/mol. The van der Waals surface area contributed by atoms with Gasteiger partial charge in [0.05, 0.1) is 0 Å². The van der Waals surface area contributed by atoms with E-state index in [1.54, 1.807) is 25.1 Å². The fraction of sp³-hybridized carbons (Fsp3) is 0.538. The fourth-order valence-corrected chi connectivity index (χ4v) is 1.97. The van der Waals surface area contributed by atoms with Crippen LogP contribution in [-0.2, 0) is 6.42 Å². The molecule has 20 heavy (non-hydrogen) atoms. The van der Waals surface area contributed by atoms with Crippen molar-refractivity contribution in [1.82, 2.24) is 5.32 Å². The fourth-order valence-electron chi connectivity index (χ4n) is 1.97. The van der Waals surface area contributed by atoms with E-state index in [1.807, 2.05) is 5.32 Å². The summed E-state index contributed by atoms with van der Waals surface area (Å²) in [5.41, 5.74) is 0.767. The molecule has 1 aromatic carbocycles. The zero-order chi connectivity index (χ0) is 14.8. The maximum atomic E-state index is 13.0. The Morgan fingerprint density at radius 2 is 1.95 bits per heavy atom. The minimum Gasteiger partial charge on any atom is -0.454 e. The Balaban J connectivity index is 1.99. The number of rotatable bonds is 5. The molecule has 0 amide bonds. The molecule has 1 heterocycles. The van der Waals surface area contributed by atoms with Crippen LogP contribution in [0, 0.1) is 0 Å². The second kappa shape index (κ2) is 5.87. The number of nitrogens with one attached hydrogen (secondary N) is 1. The predicted molar refractivity (Wildman–Crippen MR) is 64.4 cm³/mol. The molecule has 0 aromatic heterocycles. The molecule has 1 aliphatic heterocycles. The van der Waals surface area contributed by atoms with Crippen molar-refractivity contribution in [3.63, 3.8) is 0 Å². The molecule has 1 N–H and O–H groups in total. The first-order valence-corrected chi connectivity index (χ1v) is 6.25. The maximum absolute atomic E-state index is 13.0. The van der Waals surface area contributed by atoms with Gasteiger partial charge in [0, 0.05) is 6.04 Å². The van der Waals surface area contributed by atoms with Crippen molar-refractivity contribution in [2.75, 3.05) is 6.79 Å². The highest BCUT2D eigenvalue weighted by Crippen LogP contribution is 2.33. The number of benzene rings is 1. The summed E-state index contributed by atoms with van der Waals surface area (Å²) in [6.07, 6.45) is -7.24. The summed E-state index contributed by atoms with van der Waals surface area (Å²) in [5, 5.41) is 1.96. The van der Waals surface area contributed by atoms with Gasteiger partial charge in [-0.2, -0.15) is 13.2 Å². The van der Waals surface area contributed by atoms with Gasteiger partial charge >= 0.3 is 6.18 Å². The van der Waals surface area contributed by atoms with E-state index >= 15 is 0 Å². The lowest BCUT2D eigenvalue weighted by Gasteiger charge is -2.21. The zero-order valence-electron chi connectivity index (χ0n) is 10.8. The van der Waals surface area contributed by atoms with Gasteiger partial charge < -0.3 is 9.47 Å². The van der Waals surface area contributed by atoms with Crippen LogP contribution in [-0.4, -0.2) is 25.3 Å². The van der Waals surface area contributed by atoms with Gasteiger partial charge in [-0.1, -0.05) is 13.0 Å². The monoisotopic (exact) mass is 293 g/mol. The van der Waals surface area contributed by atoms with E-state index < -0.39 is 18.5 Å². The van der Waals surface area contributed by atoms with Gasteiger partial charge in [0.15, 0.2) is 11.5 Å². The van der Waals surface area contributed by atoms with Crippen molar-refractivity contribution in [2.24, 2.45) is 0 Å². The van der Waals surface area contributed by atoms with E-state index in [2.05, 4.69) is 0 Å². The van der Waals surface area contributed by atoms with E-state index in [-0.39, 0.29) is 13.2 Å². The van der Waals surface area contributed by atoms with Crippen LogP contribution < -0.4 is 14.8 Å². The summed E-state index contributed by atoms with van der Waals surface area (Å²) in [6, 6.07) is 4.53. The summed E-state index contributed by atoms with van der Waals surface area (Å²) >= 11 is 0. The van der Waals surface area contributed by atoms with Gasteiger partial charge in [0.1, 0.15) is 0 Å². The first kappa shape index (κ1) is 14.9. The summed E-state index contributed by atoms with van der Waals surface area (Å²) in [7, 11) is 0. The Morgan fingerprint density at radius 3 is 2.60 bits per heavy atom. The van der Waals surface area contributed by atoms with Crippen molar-refractivity contribution in [3.8, 4) is 11.5 Å². The van der Waals surface area contributed by atoms with Crippen LogP contribution in [0.3, 0.4) is 0 Å². The summed E-state index contributed by atoms with van der Waals surface area (Å²) in [6.45, 7) is 1.84. The van der Waals surface area contributed by atoms with Crippen LogP contribution in [0.4, 0.5) is 17.6 Å². The summed E-state index contributed by atoms with van der Waals surface area (Å²) < 4.78 is 59.9. The molecule has 0 saturated heterocycles. The summed E-state index contributed by atoms with van der Waals surface area (Å²) in [4.78, 5) is 0. The molecular formula is C13H15F4NO2. The summed E-state index contributed by atoms with van der Waals surface area (Å²) in [5.74, 6) is 1.17. The molecule has 0 fully saturated rings. The molecule has 0 aliphatic carbocycles. The minimum atomic E-state index is -4.89. The number of ether oxygens (including phenoxy) is 2. The first-order valence-electron chi connectivity index (χ1n) is 6.25. The Morgan fingerprint density at radius 1 is 1.25 bits per heavy atom. The molecule has 3 nitrogen and oxygen atoms in total. The van der Waals surface area contributed by atoms with Gasteiger partial charge in [-0.15, -0.1) is 0 Å². The Kier molecular flexibility index (Phi) is 4.37. The normalized spacial score (nSPS) is 17.1. The molecule has 2 unspecified atom stereocenters. The highest BCUT2D eigenvalue weighted by atomic mass is 19.4. The molecule has 0 saturated carbocycles. The van der Waals surface area contributed by atoms with Gasteiger partial charge in [0.25, 0.3) is 0 Å². The van der Waals surface area contributed by atoms with E-state index in [9.17, 15) is 17.6 Å². The van der Waals surface area contributed by atoms with Crippen molar-refractivity contribution in [3.05, 3.63) is 23.8 Å². The maximum Gasteiger partial charge on any atom is 0.433 e. The number of halogens is 4. The average Bonchev–Trinajstić information content (AvgIpc) is 2.84. The highest BCUT2D eigenvalue weighted by Gasteiger charge is 2.41. The van der Waals surface area contributed by atoms with Crippen LogP contribution in [0.15, 0.2) is 18.2 Å². The predicted octanol–water partition coefficient (Wildman–Crippen LogP) is 3.18. The lowest BCUT2D eigenvalue weighted by molar-refractivity contribution is -0.191. The molecule has 1 aliphatic rings. The second-order valence-electron chi connectivity index (χ2n) is 4.57. The Bertz CT molecular complexity index is 464. The van der Waals surface area contributed by atoms with E-state index in [1.165, 1.54) is 0 Å². The van der Waals surface area contributed by atoms with Crippen molar-refractivity contribution in [2.45, 2.75) is 38.3 Å². The molecule has 112 valence electrons. The molecule has 7 heteroatoms.